The summed E-state index contributed by atoms with van der Waals surface area (Å²) in [5.74, 6) is 0.303. The molecule has 0 radical (unpaired) electrons. The molecular weight excluding hydrogens is 420 g/mol. The van der Waals surface area contributed by atoms with Crippen molar-refractivity contribution in [1.29, 1.82) is 0 Å². The summed E-state index contributed by atoms with van der Waals surface area (Å²) >= 11 is 0. The normalized spacial score (nSPS) is 13.1. The van der Waals surface area contributed by atoms with Gasteiger partial charge in [0.05, 0.1) is 0 Å². The van der Waals surface area contributed by atoms with Gasteiger partial charge in [-0.15, -0.1) is 11.5 Å². The van der Waals surface area contributed by atoms with E-state index in [1.165, 1.54) is 44.5 Å². The Morgan fingerprint density at radius 1 is 0.943 bits per heavy atom. The van der Waals surface area contributed by atoms with Gasteiger partial charge >= 0.3 is 0 Å². The van der Waals surface area contributed by atoms with Crippen LogP contribution in [0.2, 0.25) is 0 Å². The highest BCUT2D eigenvalue weighted by molar-refractivity contribution is 5.95. The van der Waals surface area contributed by atoms with Crippen molar-refractivity contribution in [3.05, 3.63) is 155 Å². The summed E-state index contributed by atoms with van der Waals surface area (Å²) in [4.78, 5) is 0. The lowest BCUT2D eigenvalue weighted by atomic mass is 9.84. The maximum Gasteiger partial charge on any atom is 0.0243 e. The molecule has 4 rings (SSSR count). The standard InChI is InChI=1S/C35H32/c1-7-27(8-2)32-13-11-10-12-31(32)22-26(6)34-20-25(5)21-35-28(9-3)23-30(18-19-33(34)35)29-16-14-24(4)15-17-29/h7,10-21,23,26H,1-3,22H2,4-6H3. The number of hydrogen-bond donors (Lipinski definition) is 0. The second kappa shape index (κ2) is 10.5. The Kier molecular flexibility index (Phi) is 7.19. The smallest absolute Gasteiger partial charge is 0.0243 e. The molecule has 0 heterocycles. The molecule has 0 saturated heterocycles. The summed E-state index contributed by atoms with van der Waals surface area (Å²) < 4.78 is 0. The summed E-state index contributed by atoms with van der Waals surface area (Å²) in [6, 6.07) is 21.7. The molecule has 0 spiro atoms. The molecule has 1 atom stereocenters. The van der Waals surface area contributed by atoms with Gasteiger partial charge in [0.25, 0.3) is 0 Å². The number of benzene rings is 3. The first-order chi connectivity index (χ1) is 16.9. The fraction of sp³-hybridized carbons (Fsp3) is 0.143. The van der Waals surface area contributed by atoms with Crippen LogP contribution in [0.4, 0.5) is 0 Å². The van der Waals surface area contributed by atoms with Crippen molar-refractivity contribution in [3.8, 4) is 0 Å². The van der Waals surface area contributed by atoms with E-state index in [1.54, 1.807) is 0 Å². The Morgan fingerprint density at radius 2 is 1.69 bits per heavy atom. The quantitative estimate of drug-likeness (QED) is 0.258. The van der Waals surface area contributed by atoms with E-state index in [4.69, 9.17) is 0 Å². The largest absolute Gasteiger partial charge is 0.120 e. The predicted octanol–water partition coefficient (Wildman–Crippen LogP) is 9.28. The van der Waals surface area contributed by atoms with Crippen molar-refractivity contribution in [2.24, 2.45) is 0 Å². The number of fused-ring (bicyclic) bond motifs is 1. The molecule has 0 saturated carbocycles. The molecule has 0 nitrogen and oxygen atoms in total. The van der Waals surface area contributed by atoms with E-state index in [-0.39, 0.29) is 0 Å². The number of allylic oxidation sites excluding steroid dienone is 6. The van der Waals surface area contributed by atoms with Crippen LogP contribution in [-0.2, 0) is 6.42 Å². The van der Waals surface area contributed by atoms with Crippen LogP contribution in [0.1, 0.15) is 57.3 Å². The lowest BCUT2D eigenvalue weighted by Crippen LogP contribution is -2.05. The average Bonchev–Trinajstić information content (AvgIpc) is 3.05. The molecule has 0 amide bonds. The number of aryl methyl sites for hydroxylation is 2. The molecule has 3 aromatic carbocycles. The maximum absolute atomic E-state index is 4.03. The van der Waals surface area contributed by atoms with Crippen molar-refractivity contribution >= 4 is 22.8 Å². The van der Waals surface area contributed by atoms with E-state index >= 15 is 0 Å². The predicted molar refractivity (Wildman–Crippen MR) is 153 cm³/mol. The van der Waals surface area contributed by atoms with E-state index in [9.17, 15) is 0 Å². The zero-order valence-corrected chi connectivity index (χ0v) is 21.0. The Balaban J connectivity index is 1.79. The molecule has 0 heteroatoms. The second-order valence-electron chi connectivity index (χ2n) is 9.26. The van der Waals surface area contributed by atoms with Crippen molar-refractivity contribution < 1.29 is 0 Å². The van der Waals surface area contributed by atoms with Crippen LogP contribution < -0.4 is 0 Å². The highest BCUT2D eigenvalue weighted by Crippen LogP contribution is 2.37. The Hall–Kier alpha value is -4.08. The summed E-state index contributed by atoms with van der Waals surface area (Å²) in [5, 5.41) is 0. The minimum atomic E-state index is 0.303. The molecule has 35 heavy (non-hydrogen) atoms. The monoisotopic (exact) mass is 452 g/mol. The van der Waals surface area contributed by atoms with Crippen molar-refractivity contribution in [1.82, 2.24) is 0 Å². The topological polar surface area (TPSA) is 0 Å². The molecular formula is C35H32. The fourth-order valence-corrected chi connectivity index (χ4v) is 4.85. The van der Waals surface area contributed by atoms with Crippen molar-refractivity contribution in [2.45, 2.75) is 33.1 Å². The first kappa shape index (κ1) is 24.1. The van der Waals surface area contributed by atoms with Gasteiger partial charge in [0.1, 0.15) is 0 Å². The minimum Gasteiger partial charge on any atom is -0.120 e. The van der Waals surface area contributed by atoms with Gasteiger partial charge in [0.2, 0.25) is 0 Å². The van der Waals surface area contributed by atoms with E-state index in [2.05, 4.69) is 131 Å². The summed E-state index contributed by atoms with van der Waals surface area (Å²) in [7, 11) is 0. The first-order valence-corrected chi connectivity index (χ1v) is 12.1. The van der Waals surface area contributed by atoms with Gasteiger partial charge in [-0.3, -0.25) is 0 Å². The van der Waals surface area contributed by atoms with Crippen LogP contribution in [0.15, 0.2) is 110 Å². The Labute approximate surface area is 210 Å². The number of rotatable bonds is 6. The van der Waals surface area contributed by atoms with E-state index < -0.39 is 0 Å². The summed E-state index contributed by atoms with van der Waals surface area (Å²) in [6.07, 6.45) is 9.43. The second-order valence-corrected chi connectivity index (χ2v) is 9.26. The van der Waals surface area contributed by atoms with Gasteiger partial charge in [0, 0.05) is 11.1 Å². The molecule has 1 aliphatic rings. The SMILES string of the molecule is C=C=C(C=C)c1ccccc1CC(C)c1cc(C)cc2c1C=CC(c1ccc(C)cc1)=CC2=C=C. The first-order valence-electron chi connectivity index (χ1n) is 12.1. The molecule has 0 bridgehead atoms. The molecule has 0 aromatic heterocycles. The minimum absolute atomic E-state index is 0.303. The van der Waals surface area contributed by atoms with Gasteiger partial charge in [-0.2, -0.15) is 0 Å². The lowest BCUT2D eigenvalue weighted by Gasteiger charge is -2.20. The van der Waals surface area contributed by atoms with E-state index in [0.717, 1.165) is 23.1 Å². The molecule has 1 aliphatic carbocycles. The summed E-state index contributed by atoms with van der Waals surface area (Å²) in [6.45, 7) is 18.4. The Bertz CT molecular complexity index is 1440. The highest BCUT2D eigenvalue weighted by atomic mass is 14.2. The van der Waals surface area contributed by atoms with Crippen molar-refractivity contribution in [3.63, 3.8) is 0 Å². The molecule has 0 N–H and O–H groups in total. The molecule has 1 unspecified atom stereocenters. The van der Waals surface area contributed by atoms with Crippen LogP contribution in [-0.4, -0.2) is 0 Å². The third-order valence-corrected chi connectivity index (χ3v) is 6.71. The van der Waals surface area contributed by atoms with Crippen LogP contribution in [0.5, 0.6) is 0 Å². The molecule has 0 aliphatic heterocycles. The highest BCUT2D eigenvalue weighted by Gasteiger charge is 2.19. The third-order valence-electron chi connectivity index (χ3n) is 6.71. The summed E-state index contributed by atoms with van der Waals surface area (Å²) in [5.41, 5.74) is 19.3. The zero-order valence-electron chi connectivity index (χ0n) is 21.0. The van der Waals surface area contributed by atoms with Gasteiger partial charge in [0.15, 0.2) is 0 Å². The lowest BCUT2D eigenvalue weighted by molar-refractivity contribution is 0.755. The van der Waals surface area contributed by atoms with Crippen LogP contribution in [0.3, 0.4) is 0 Å². The van der Waals surface area contributed by atoms with Crippen LogP contribution in [0.25, 0.3) is 22.8 Å². The fourth-order valence-electron chi connectivity index (χ4n) is 4.85. The third kappa shape index (κ3) is 5.06. The average molecular weight is 453 g/mol. The molecule has 0 fully saturated rings. The van der Waals surface area contributed by atoms with Gasteiger partial charge in [-0.25, -0.2) is 0 Å². The zero-order chi connectivity index (χ0) is 24.9. The molecule has 172 valence electrons. The maximum atomic E-state index is 4.03. The van der Waals surface area contributed by atoms with Gasteiger partial charge in [-0.1, -0.05) is 117 Å². The van der Waals surface area contributed by atoms with E-state index in [1.807, 2.05) is 6.08 Å². The van der Waals surface area contributed by atoms with Crippen LogP contribution in [0, 0.1) is 13.8 Å². The van der Waals surface area contributed by atoms with Gasteiger partial charge < -0.3 is 0 Å². The number of hydrogen-bond acceptors (Lipinski definition) is 0. The van der Waals surface area contributed by atoms with Crippen molar-refractivity contribution in [2.75, 3.05) is 0 Å². The van der Waals surface area contributed by atoms with E-state index in [0.29, 0.717) is 5.92 Å². The van der Waals surface area contributed by atoms with Gasteiger partial charge in [-0.05, 0) is 71.2 Å². The Morgan fingerprint density at radius 3 is 2.37 bits per heavy atom. The molecule has 3 aromatic rings. The van der Waals surface area contributed by atoms with Crippen LogP contribution >= 0.6 is 0 Å².